The minimum Gasteiger partial charge on any atom is -0.481 e. The molecule has 9 heteroatoms. The summed E-state index contributed by atoms with van der Waals surface area (Å²) in [6, 6.07) is 12.1. The molecule has 1 fully saturated rings. The van der Waals surface area contributed by atoms with Crippen LogP contribution < -0.4 is 5.32 Å². The van der Waals surface area contributed by atoms with Crippen molar-refractivity contribution in [1.82, 2.24) is 10.2 Å². The third-order valence-corrected chi connectivity index (χ3v) is 8.30. The van der Waals surface area contributed by atoms with Crippen molar-refractivity contribution in [1.29, 1.82) is 0 Å². The summed E-state index contributed by atoms with van der Waals surface area (Å²) in [5.74, 6) is -0.801. The number of nitrogens with one attached hydrogen (secondary N) is 1. The van der Waals surface area contributed by atoms with Crippen LogP contribution in [0.5, 0.6) is 0 Å². The quantitative estimate of drug-likeness (QED) is 0.332. The number of hydrogen-bond acceptors (Lipinski definition) is 4. The van der Waals surface area contributed by atoms with Crippen LogP contribution in [-0.2, 0) is 9.59 Å². The average molecular weight is 573 g/mol. The van der Waals surface area contributed by atoms with Gasteiger partial charge in [0.2, 0.25) is 0 Å². The number of carbonyl (C=O) groups excluding carboxylic acids is 2. The first-order valence-electron chi connectivity index (χ1n) is 13.7. The molecule has 2 aromatic rings. The molecular weight excluding hydrogens is 537 g/mol. The largest absolute Gasteiger partial charge is 0.481 e. The van der Waals surface area contributed by atoms with Crippen molar-refractivity contribution in [2.45, 2.75) is 76.9 Å². The van der Waals surface area contributed by atoms with E-state index in [1.807, 2.05) is 17.0 Å². The van der Waals surface area contributed by atoms with Gasteiger partial charge in [-0.1, -0.05) is 62.0 Å². The van der Waals surface area contributed by atoms with Gasteiger partial charge >= 0.3 is 5.97 Å². The number of benzene rings is 2. The molecule has 0 aromatic heterocycles. The first-order valence-corrected chi connectivity index (χ1v) is 14.4. The van der Waals surface area contributed by atoms with Crippen LogP contribution in [-0.4, -0.2) is 45.7 Å². The second-order valence-electron chi connectivity index (χ2n) is 10.5. The predicted molar refractivity (Wildman–Crippen MR) is 154 cm³/mol. The van der Waals surface area contributed by atoms with Crippen molar-refractivity contribution in [3.8, 4) is 0 Å². The average Bonchev–Trinajstić information content (AvgIpc) is 3.18. The predicted octanol–water partition coefficient (Wildman–Crippen LogP) is 6.67. The summed E-state index contributed by atoms with van der Waals surface area (Å²) in [4.78, 5) is 44.6. The maximum absolute atomic E-state index is 14.2. The van der Waals surface area contributed by atoms with Gasteiger partial charge in [0, 0.05) is 27.7 Å². The van der Waals surface area contributed by atoms with Gasteiger partial charge in [0.1, 0.15) is 11.4 Å². The maximum atomic E-state index is 14.2. The van der Waals surface area contributed by atoms with Gasteiger partial charge in [-0.25, -0.2) is 0 Å². The van der Waals surface area contributed by atoms with Crippen LogP contribution in [0.1, 0.15) is 92.7 Å². The lowest BCUT2D eigenvalue weighted by Crippen LogP contribution is -2.50. The molecule has 0 saturated heterocycles. The molecule has 1 aliphatic heterocycles. The Morgan fingerprint density at radius 1 is 1.10 bits per heavy atom. The summed E-state index contributed by atoms with van der Waals surface area (Å²) in [6.45, 7) is 4.37. The van der Waals surface area contributed by atoms with E-state index in [0.717, 1.165) is 50.5 Å². The molecule has 4 rings (SSSR count). The summed E-state index contributed by atoms with van der Waals surface area (Å²) in [7, 11) is 0. The summed E-state index contributed by atoms with van der Waals surface area (Å²) >= 11 is 12.6. The highest BCUT2D eigenvalue weighted by molar-refractivity contribution is 6.47. The minimum absolute atomic E-state index is 0.0611. The fraction of sp³-hybridized carbons (Fsp3) is 0.467. The van der Waals surface area contributed by atoms with E-state index in [2.05, 4.69) is 19.2 Å². The highest BCUT2D eigenvalue weighted by atomic mass is 35.5. The Labute approximate surface area is 239 Å². The fourth-order valence-electron chi connectivity index (χ4n) is 5.78. The lowest BCUT2D eigenvalue weighted by atomic mass is 9.79. The Morgan fingerprint density at radius 3 is 2.31 bits per heavy atom. The highest BCUT2D eigenvalue weighted by Gasteiger charge is 2.51. The third-order valence-electron chi connectivity index (χ3n) is 7.86. The Morgan fingerprint density at radius 2 is 1.74 bits per heavy atom. The standard InChI is InChI=1S/C30H35Cl2N3O4/c1-3-5-25(20-6-8-21(9-7-20)28(38)33-15-12-26(36)37)35-29(39)27(22-16-23(31)18-24(32)17-22)34-30(35)13-10-19(4-2)11-14-30/h6-9,16-19,25H,3-5,10-15H2,1-2H3,(H,33,38)(H,36,37)/t19?,25-,30?/m1/s1. The second kappa shape index (κ2) is 12.5. The van der Waals surface area contributed by atoms with Crippen LogP contribution in [0.25, 0.3) is 0 Å². The van der Waals surface area contributed by atoms with Crippen molar-refractivity contribution >= 4 is 46.7 Å². The highest BCUT2D eigenvalue weighted by Crippen LogP contribution is 2.47. The Bertz CT molecular complexity index is 1230. The molecule has 208 valence electrons. The molecular formula is C30H35Cl2N3O4. The molecule has 1 saturated carbocycles. The minimum atomic E-state index is -0.966. The molecule has 39 heavy (non-hydrogen) atoms. The number of halogens is 2. The molecule has 1 heterocycles. The smallest absolute Gasteiger partial charge is 0.305 e. The van der Waals surface area contributed by atoms with Gasteiger partial charge in [-0.3, -0.25) is 19.4 Å². The van der Waals surface area contributed by atoms with Crippen molar-refractivity contribution in [2.75, 3.05) is 6.54 Å². The van der Waals surface area contributed by atoms with Gasteiger partial charge in [0.25, 0.3) is 11.8 Å². The number of carbonyl (C=O) groups is 3. The number of carboxylic acid groups (broad SMARTS) is 1. The molecule has 2 aromatic carbocycles. The van der Waals surface area contributed by atoms with Crippen molar-refractivity contribution in [2.24, 2.45) is 10.9 Å². The summed E-state index contributed by atoms with van der Waals surface area (Å²) < 4.78 is 0. The van der Waals surface area contributed by atoms with Crippen molar-refractivity contribution < 1.29 is 19.5 Å². The van der Waals surface area contributed by atoms with Gasteiger partial charge in [-0.15, -0.1) is 0 Å². The van der Waals surface area contributed by atoms with E-state index in [0.29, 0.717) is 32.8 Å². The lowest BCUT2D eigenvalue weighted by Gasteiger charge is -2.45. The molecule has 2 N–H and O–H groups in total. The Kier molecular flexibility index (Phi) is 9.34. The molecule has 2 amide bonds. The monoisotopic (exact) mass is 571 g/mol. The van der Waals surface area contributed by atoms with Crippen LogP contribution in [0, 0.1) is 5.92 Å². The van der Waals surface area contributed by atoms with E-state index < -0.39 is 11.6 Å². The molecule has 2 aliphatic rings. The SMILES string of the molecule is CCC[C@H](c1ccc(C(=O)NCCC(=O)O)cc1)N1C(=O)C(c2cc(Cl)cc(Cl)c2)=NC12CCC(CC)CC2. The van der Waals surface area contributed by atoms with Crippen LogP contribution in [0.4, 0.5) is 0 Å². The molecule has 1 spiro atoms. The molecule has 0 unspecified atom stereocenters. The normalized spacial score (nSPS) is 21.6. The number of aliphatic carboxylic acids is 1. The lowest BCUT2D eigenvalue weighted by molar-refractivity contribution is -0.137. The topological polar surface area (TPSA) is 99.1 Å². The van der Waals surface area contributed by atoms with Crippen molar-refractivity contribution in [3.63, 3.8) is 0 Å². The number of nitrogens with zero attached hydrogens (tertiary/aromatic N) is 2. The zero-order valence-electron chi connectivity index (χ0n) is 22.4. The molecule has 7 nitrogen and oxygen atoms in total. The number of amides is 2. The van der Waals surface area contributed by atoms with Crippen LogP contribution in [0.15, 0.2) is 47.5 Å². The molecule has 0 bridgehead atoms. The number of hydrogen-bond donors (Lipinski definition) is 2. The third kappa shape index (κ3) is 6.47. The van der Waals surface area contributed by atoms with E-state index in [4.69, 9.17) is 33.3 Å². The number of rotatable bonds is 10. The Hall–Kier alpha value is -2.90. The Balaban J connectivity index is 1.67. The van der Waals surface area contributed by atoms with E-state index in [-0.39, 0.29) is 30.8 Å². The molecule has 1 aliphatic carbocycles. The zero-order valence-corrected chi connectivity index (χ0v) is 23.9. The van der Waals surface area contributed by atoms with Crippen LogP contribution in [0.3, 0.4) is 0 Å². The summed E-state index contributed by atoms with van der Waals surface area (Å²) in [6.07, 6.45) is 6.16. The summed E-state index contributed by atoms with van der Waals surface area (Å²) in [5.41, 5.74) is 1.76. The van der Waals surface area contributed by atoms with Gasteiger partial charge in [0.05, 0.1) is 12.5 Å². The van der Waals surface area contributed by atoms with Gasteiger partial charge < -0.3 is 15.3 Å². The van der Waals surface area contributed by atoms with Crippen LogP contribution in [0.2, 0.25) is 10.0 Å². The molecule has 0 radical (unpaired) electrons. The van der Waals surface area contributed by atoms with Gasteiger partial charge in [0.15, 0.2) is 0 Å². The fourth-order valence-corrected chi connectivity index (χ4v) is 6.31. The first-order chi connectivity index (χ1) is 18.7. The van der Waals surface area contributed by atoms with Gasteiger partial charge in [-0.05, 0) is 73.9 Å². The number of carboxylic acids is 1. The van der Waals surface area contributed by atoms with E-state index in [9.17, 15) is 14.4 Å². The van der Waals surface area contributed by atoms with E-state index in [1.54, 1.807) is 30.3 Å². The number of aliphatic imine (C=N–C) groups is 1. The van der Waals surface area contributed by atoms with E-state index >= 15 is 0 Å². The van der Waals surface area contributed by atoms with Crippen LogP contribution >= 0.6 is 23.2 Å². The second-order valence-corrected chi connectivity index (χ2v) is 11.3. The summed E-state index contributed by atoms with van der Waals surface area (Å²) in [5, 5.41) is 12.4. The van der Waals surface area contributed by atoms with Crippen molar-refractivity contribution in [3.05, 3.63) is 69.2 Å². The van der Waals surface area contributed by atoms with E-state index in [1.165, 1.54) is 0 Å². The maximum Gasteiger partial charge on any atom is 0.305 e. The van der Waals surface area contributed by atoms with Gasteiger partial charge in [-0.2, -0.15) is 0 Å². The zero-order chi connectivity index (χ0) is 28.2. The molecule has 1 atom stereocenters. The first kappa shape index (κ1) is 29.1.